The van der Waals surface area contributed by atoms with Gasteiger partial charge in [-0.25, -0.2) is 15.0 Å². The highest BCUT2D eigenvalue weighted by Gasteiger charge is 2.22. The van der Waals surface area contributed by atoms with E-state index in [1.807, 2.05) is 18.3 Å². The Morgan fingerprint density at radius 2 is 2.00 bits per heavy atom. The molecule has 2 atom stereocenters. The predicted molar refractivity (Wildman–Crippen MR) is 119 cm³/mol. The number of fused-ring (bicyclic) bond motifs is 1. The predicted octanol–water partition coefficient (Wildman–Crippen LogP) is 1.71. The van der Waals surface area contributed by atoms with Crippen molar-refractivity contribution < 1.29 is 9.47 Å². The fourth-order valence-corrected chi connectivity index (χ4v) is 3.95. The molecule has 2 aliphatic heterocycles. The van der Waals surface area contributed by atoms with Gasteiger partial charge in [0.05, 0.1) is 43.2 Å². The molecule has 5 heterocycles. The zero-order chi connectivity index (χ0) is 21.0. The first kappa shape index (κ1) is 20.0. The molecule has 9 heteroatoms. The smallest absolute Gasteiger partial charge is 0.155 e. The highest BCUT2D eigenvalue weighted by molar-refractivity contribution is 5.88. The number of hydrogen-bond acceptors (Lipinski definition) is 9. The van der Waals surface area contributed by atoms with Crippen LogP contribution in [0.25, 0.3) is 22.3 Å². The molecular formula is C22H27N7O2. The maximum Gasteiger partial charge on any atom is 0.155 e. The lowest BCUT2D eigenvalue weighted by molar-refractivity contribution is 0.0201. The summed E-state index contributed by atoms with van der Waals surface area (Å²) in [6.07, 6.45) is 5.33. The molecule has 3 aromatic heterocycles. The first-order chi connectivity index (χ1) is 15.3. The van der Waals surface area contributed by atoms with Crippen LogP contribution in [0, 0.1) is 0 Å². The van der Waals surface area contributed by atoms with Crippen molar-refractivity contribution in [3.05, 3.63) is 36.8 Å². The second-order valence-corrected chi connectivity index (χ2v) is 7.83. The maximum atomic E-state index is 5.90. The lowest BCUT2D eigenvalue weighted by Gasteiger charge is -2.29. The summed E-state index contributed by atoms with van der Waals surface area (Å²) >= 11 is 0. The van der Waals surface area contributed by atoms with Crippen LogP contribution >= 0.6 is 0 Å². The van der Waals surface area contributed by atoms with Gasteiger partial charge in [-0.2, -0.15) is 0 Å². The molecule has 5 rings (SSSR count). The van der Waals surface area contributed by atoms with E-state index in [4.69, 9.17) is 14.5 Å². The first-order valence-electron chi connectivity index (χ1n) is 10.8. The van der Waals surface area contributed by atoms with Crippen molar-refractivity contribution in [3.8, 4) is 11.3 Å². The average Bonchev–Trinajstić information content (AvgIpc) is 2.85. The molecule has 0 radical (unpaired) electrons. The van der Waals surface area contributed by atoms with Gasteiger partial charge >= 0.3 is 0 Å². The second kappa shape index (κ2) is 9.09. The molecule has 2 unspecified atom stereocenters. The normalized spacial score (nSPS) is 20.5. The molecule has 2 N–H and O–H groups in total. The van der Waals surface area contributed by atoms with Gasteiger partial charge in [-0.3, -0.25) is 4.98 Å². The van der Waals surface area contributed by atoms with Gasteiger partial charge in [0.1, 0.15) is 11.3 Å². The van der Waals surface area contributed by atoms with Crippen molar-refractivity contribution in [1.29, 1.82) is 0 Å². The summed E-state index contributed by atoms with van der Waals surface area (Å²) < 4.78 is 11.3. The molecule has 9 nitrogen and oxygen atoms in total. The monoisotopic (exact) mass is 421 g/mol. The minimum Gasteiger partial charge on any atom is -0.378 e. The van der Waals surface area contributed by atoms with Crippen LogP contribution in [0.2, 0.25) is 0 Å². The van der Waals surface area contributed by atoms with Crippen LogP contribution in [-0.4, -0.2) is 78.1 Å². The van der Waals surface area contributed by atoms with Crippen molar-refractivity contribution in [2.45, 2.75) is 19.1 Å². The maximum absolute atomic E-state index is 5.90. The second-order valence-electron chi connectivity index (χ2n) is 7.83. The quantitative estimate of drug-likeness (QED) is 0.638. The number of hydrogen-bond donors (Lipinski definition) is 2. The van der Waals surface area contributed by atoms with E-state index in [1.165, 1.54) is 0 Å². The van der Waals surface area contributed by atoms with Crippen LogP contribution in [0.1, 0.15) is 6.92 Å². The van der Waals surface area contributed by atoms with Crippen molar-refractivity contribution >= 4 is 22.7 Å². The number of nitrogens with zero attached hydrogens (tertiary/aromatic N) is 5. The summed E-state index contributed by atoms with van der Waals surface area (Å²) in [6.45, 7) is 7.71. The number of ether oxygens (including phenoxy) is 2. The minimum absolute atomic E-state index is 0.0698. The molecule has 3 aromatic rings. The summed E-state index contributed by atoms with van der Waals surface area (Å²) in [5, 5.41) is 6.88. The number of rotatable bonds is 5. The van der Waals surface area contributed by atoms with Crippen LogP contribution in [0.15, 0.2) is 36.8 Å². The SMILES string of the molecule is CC(Nc1nc(-c2ccc(N3CCOCC3)nc2)cc2nccnc12)C1CNCCO1. The fourth-order valence-electron chi connectivity index (χ4n) is 3.95. The molecule has 0 saturated carbocycles. The van der Waals surface area contributed by atoms with Crippen LogP contribution in [0.5, 0.6) is 0 Å². The number of pyridine rings is 2. The van der Waals surface area contributed by atoms with E-state index in [0.29, 0.717) is 12.4 Å². The Bertz CT molecular complexity index is 1020. The molecule has 0 bridgehead atoms. The van der Waals surface area contributed by atoms with Crippen molar-refractivity contribution in [1.82, 2.24) is 25.3 Å². The van der Waals surface area contributed by atoms with Gasteiger partial charge in [0, 0.05) is 50.3 Å². The Labute approximate surface area is 181 Å². The van der Waals surface area contributed by atoms with E-state index >= 15 is 0 Å². The van der Waals surface area contributed by atoms with Crippen LogP contribution < -0.4 is 15.5 Å². The summed E-state index contributed by atoms with van der Waals surface area (Å²) in [5.41, 5.74) is 3.30. The Morgan fingerprint density at radius 3 is 2.77 bits per heavy atom. The first-order valence-corrected chi connectivity index (χ1v) is 10.8. The third kappa shape index (κ3) is 4.43. The summed E-state index contributed by atoms with van der Waals surface area (Å²) in [4.78, 5) is 20.8. The van der Waals surface area contributed by atoms with Gasteiger partial charge < -0.3 is 25.0 Å². The van der Waals surface area contributed by atoms with E-state index in [1.54, 1.807) is 12.4 Å². The highest BCUT2D eigenvalue weighted by Crippen LogP contribution is 2.27. The van der Waals surface area contributed by atoms with Gasteiger partial charge in [0.25, 0.3) is 0 Å². The van der Waals surface area contributed by atoms with E-state index in [2.05, 4.69) is 43.5 Å². The van der Waals surface area contributed by atoms with Crippen LogP contribution in [0.3, 0.4) is 0 Å². The lowest BCUT2D eigenvalue weighted by atomic mass is 10.1. The molecule has 2 aliphatic rings. The molecule has 162 valence electrons. The Balaban J connectivity index is 1.43. The Morgan fingerprint density at radius 1 is 1.13 bits per heavy atom. The Hall–Kier alpha value is -2.88. The van der Waals surface area contributed by atoms with Gasteiger partial charge in [0.2, 0.25) is 0 Å². The van der Waals surface area contributed by atoms with Crippen LogP contribution in [0.4, 0.5) is 11.6 Å². The van der Waals surface area contributed by atoms with E-state index in [0.717, 1.165) is 67.5 Å². The van der Waals surface area contributed by atoms with Crippen LogP contribution in [-0.2, 0) is 9.47 Å². The largest absolute Gasteiger partial charge is 0.378 e. The molecule has 0 aliphatic carbocycles. The molecule has 31 heavy (non-hydrogen) atoms. The van der Waals surface area contributed by atoms with Gasteiger partial charge in [-0.15, -0.1) is 0 Å². The molecule has 0 spiro atoms. The number of morpholine rings is 2. The number of aromatic nitrogens is 4. The third-order valence-corrected chi connectivity index (χ3v) is 5.71. The highest BCUT2D eigenvalue weighted by atomic mass is 16.5. The number of nitrogens with one attached hydrogen (secondary N) is 2. The summed E-state index contributed by atoms with van der Waals surface area (Å²) in [6, 6.07) is 6.13. The van der Waals surface area contributed by atoms with E-state index in [-0.39, 0.29) is 12.1 Å². The van der Waals surface area contributed by atoms with Crippen molar-refractivity contribution in [2.24, 2.45) is 0 Å². The molecule has 2 saturated heterocycles. The zero-order valence-electron chi connectivity index (χ0n) is 17.6. The lowest BCUT2D eigenvalue weighted by Crippen LogP contribution is -2.46. The molecular weight excluding hydrogens is 394 g/mol. The van der Waals surface area contributed by atoms with Gasteiger partial charge in [0.15, 0.2) is 5.82 Å². The topological polar surface area (TPSA) is 97.3 Å². The molecule has 0 aromatic carbocycles. The average molecular weight is 422 g/mol. The minimum atomic E-state index is 0.0698. The standard InChI is InChI=1S/C22H27N7O2/c1-15(19-14-23-6-9-31-19)27-22-21-18(24-4-5-25-21)12-17(28-22)16-2-3-20(26-13-16)29-7-10-30-11-8-29/h2-5,12-13,15,19,23H,6-11,14H2,1H3,(H,27,28). The van der Waals surface area contributed by atoms with Crippen molar-refractivity contribution in [2.75, 3.05) is 56.2 Å². The van der Waals surface area contributed by atoms with Gasteiger partial charge in [-0.1, -0.05) is 0 Å². The van der Waals surface area contributed by atoms with Gasteiger partial charge in [-0.05, 0) is 25.1 Å². The molecule has 0 amide bonds. The van der Waals surface area contributed by atoms with E-state index in [9.17, 15) is 0 Å². The fraction of sp³-hybridized carbons (Fsp3) is 0.455. The molecule has 2 fully saturated rings. The number of anilines is 2. The zero-order valence-corrected chi connectivity index (χ0v) is 17.6. The van der Waals surface area contributed by atoms with E-state index < -0.39 is 0 Å². The summed E-state index contributed by atoms with van der Waals surface area (Å²) in [7, 11) is 0. The third-order valence-electron chi connectivity index (χ3n) is 5.71. The summed E-state index contributed by atoms with van der Waals surface area (Å²) in [5.74, 6) is 1.67. The van der Waals surface area contributed by atoms with Crippen molar-refractivity contribution in [3.63, 3.8) is 0 Å². The Kier molecular flexibility index (Phi) is 5.88.